The Morgan fingerprint density at radius 2 is 2.21 bits per heavy atom. The van der Waals surface area contributed by atoms with Crippen LogP contribution in [0.15, 0.2) is 12.7 Å². The number of hydrogen-bond donors (Lipinski definition) is 2. The predicted octanol–water partition coefficient (Wildman–Crippen LogP) is -0.391. The first-order valence-electron chi connectivity index (χ1n) is 4.37. The fourth-order valence-corrected chi connectivity index (χ4v) is 1.56. The topological polar surface area (TPSA) is 77.8 Å². The highest BCUT2D eigenvalue weighted by molar-refractivity contribution is 5.85. The highest BCUT2D eigenvalue weighted by atomic mass is 16.4. The Labute approximate surface area is 81.6 Å². The summed E-state index contributed by atoms with van der Waals surface area (Å²) in [5.41, 5.74) is 0. The Hall–Kier alpha value is -1.36. The zero-order valence-electron chi connectivity index (χ0n) is 7.72. The molecule has 14 heavy (non-hydrogen) atoms. The van der Waals surface area contributed by atoms with Crippen LogP contribution < -0.4 is 0 Å². The van der Waals surface area contributed by atoms with Crippen molar-refractivity contribution < 1.29 is 19.8 Å². The lowest BCUT2D eigenvalue weighted by Gasteiger charge is -2.20. The van der Waals surface area contributed by atoms with Crippen LogP contribution in [0, 0.1) is 0 Å². The minimum absolute atomic E-state index is 0.101. The maximum Gasteiger partial charge on any atom is 0.326 e. The summed E-state index contributed by atoms with van der Waals surface area (Å²) in [4.78, 5) is 23.3. The number of aliphatic hydroxyl groups is 1. The van der Waals surface area contributed by atoms with Crippen molar-refractivity contribution in [3.05, 3.63) is 12.7 Å². The van der Waals surface area contributed by atoms with E-state index in [2.05, 4.69) is 6.58 Å². The molecule has 1 rings (SSSR count). The molecule has 0 spiro atoms. The summed E-state index contributed by atoms with van der Waals surface area (Å²) in [7, 11) is 0. The minimum Gasteiger partial charge on any atom is -0.480 e. The number of β-amino-alcohol motifs (C(OH)–C–C–N with tert-alkyl or cyclic N) is 1. The molecule has 1 fully saturated rings. The van der Waals surface area contributed by atoms with Crippen molar-refractivity contribution >= 4 is 11.9 Å². The van der Waals surface area contributed by atoms with Gasteiger partial charge in [-0.05, 0) is 0 Å². The van der Waals surface area contributed by atoms with E-state index in [0.29, 0.717) is 0 Å². The van der Waals surface area contributed by atoms with Crippen LogP contribution in [0.1, 0.15) is 12.8 Å². The van der Waals surface area contributed by atoms with Gasteiger partial charge in [-0.25, -0.2) is 4.79 Å². The summed E-state index contributed by atoms with van der Waals surface area (Å²) < 4.78 is 0. The predicted molar refractivity (Wildman–Crippen MR) is 48.6 cm³/mol. The van der Waals surface area contributed by atoms with Gasteiger partial charge in [0.2, 0.25) is 5.91 Å². The first kappa shape index (κ1) is 10.7. The van der Waals surface area contributed by atoms with Crippen molar-refractivity contribution in [2.24, 2.45) is 0 Å². The summed E-state index contributed by atoms with van der Waals surface area (Å²) in [5, 5.41) is 18.0. The molecule has 0 aliphatic carbocycles. The fourth-order valence-electron chi connectivity index (χ4n) is 1.56. The quantitative estimate of drug-likeness (QED) is 0.607. The maximum atomic E-state index is 11.4. The molecule has 0 saturated carbocycles. The van der Waals surface area contributed by atoms with Crippen LogP contribution in [-0.4, -0.2) is 45.7 Å². The molecule has 2 N–H and O–H groups in total. The van der Waals surface area contributed by atoms with Crippen LogP contribution in [0.25, 0.3) is 0 Å². The monoisotopic (exact) mass is 199 g/mol. The van der Waals surface area contributed by atoms with Crippen molar-refractivity contribution in [3.63, 3.8) is 0 Å². The zero-order valence-corrected chi connectivity index (χ0v) is 7.72. The third kappa shape index (κ3) is 2.11. The van der Waals surface area contributed by atoms with Crippen LogP contribution in [-0.2, 0) is 9.59 Å². The second-order valence-corrected chi connectivity index (χ2v) is 3.28. The van der Waals surface area contributed by atoms with Gasteiger partial charge in [0.05, 0.1) is 6.10 Å². The van der Waals surface area contributed by atoms with Crippen molar-refractivity contribution in [2.45, 2.75) is 25.0 Å². The lowest BCUT2D eigenvalue weighted by molar-refractivity contribution is -0.147. The van der Waals surface area contributed by atoms with E-state index in [4.69, 9.17) is 5.11 Å². The molecule has 0 aromatic carbocycles. The number of likely N-dealkylation sites (tertiary alicyclic amines) is 1. The van der Waals surface area contributed by atoms with Gasteiger partial charge >= 0.3 is 5.97 Å². The molecular formula is C9H13NO4. The van der Waals surface area contributed by atoms with Crippen molar-refractivity contribution in [1.29, 1.82) is 0 Å². The number of carboxylic acids is 1. The average Bonchev–Trinajstić information content (AvgIpc) is 2.48. The molecule has 1 amide bonds. The van der Waals surface area contributed by atoms with Crippen LogP contribution in [0.3, 0.4) is 0 Å². The number of amides is 1. The molecule has 1 aliphatic rings. The number of aliphatic hydroxyl groups excluding tert-OH is 1. The smallest absolute Gasteiger partial charge is 0.326 e. The molecule has 5 nitrogen and oxygen atoms in total. The maximum absolute atomic E-state index is 11.4. The van der Waals surface area contributed by atoms with E-state index in [0.717, 1.165) is 0 Å². The normalized spacial score (nSPS) is 26.2. The van der Waals surface area contributed by atoms with Gasteiger partial charge in [-0.1, -0.05) is 6.08 Å². The molecule has 1 saturated heterocycles. The summed E-state index contributed by atoms with van der Waals surface area (Å²) in [5.74, 6) is -1.37. The van der Waals surface area contributed by atoms with Crippen LogP contribution in [0.2, 0.25) is 0 Å². The van der Waals surface area contributed by atoms with Crippen molar-refractivity contribution in [3.8, 4) is 0 Å². The van der Waals surface area contributed by atoms with E-state index in [1.807, 2.05) is 0 Å². The van der Waals surface area contributed by atoms with Crippen LogP contribution >= 0.6 is 0 Å². The molecule has 0 radical (unpaired) electrons. The Bertz CT molecular complexity index is 264. The Balaban J connectivity index is 2.70. The molecule has 1 heterocycles. The molecule has 0 bridgehead atoms. The van der Waals surface area contributed by atoms with Gasteiger partial charge in [-0.15, -0.1) is 6.58 Å². The molecule has 0 aromatic heterocycles. The van der Waals surface area contributed by atoms with E-state index in [1.54, 1.807) is 0 Å². The number of carbonyl (C=O) groups is 2. The second-order valence-electron chi connectivity index (χ2n) is 3.28. The lowest BCUT2D eigenvalue weighted by Crippen LogP contribution is -2.40. The molecule has 78 valence electrons. The van der Waals surface area contributed by atoms with Gasteiger partial charge in [-0.3, -0.25) is 4.79 Å². The van der Waals surface area contributed by atoms with E-state index in [9.17, 15) is 14.7 Å². The number of rotatable bonds is 3. The van der Waals surface area contributed by atoms with Crippen molar-refractivity contribution in [2.75, 3.05) is 6.54 Å². The summed E-state index contributed by atoms with van der Waals surface area (Å²) in [6.07, 6.45) is 0.908. The van der Waals surface area contributed by atoms with E-state index in [-0.39, 0.29) is 25.3 Å². The molecule has 1 aliphatic heterocycles. The number of nitrogens with zero attached hydrogens (tertiary/aromatic N) is 1. The highest BCUT2D eigenvalue weighted by Gasteiger charge is 2.38. The van der Waals surface area contributed by atoms with E-state index in [1.165, 1.54) is 11.0 Å². The number of hydrogen-bond acceptors (Lipinski definition) is 3. The van der Waals surface area contributed by atoms with Crippen molar-refractivity contribution in [1.82, 2.24) is 4.90 Å². The highest BCUT2D eigenvalue weighted by Crippen LogP contribution is 2.19. The third-order valence-corrected chi connectivity index (χ3v) is 2.20. The Morgan fingerprint density at radius 3 is 2.71 bits per heavy atom. The Kier molecular flexibility index (Phi) is 3.24. The standard InChI is InChI=1S/C9H13NO4/c1-2-3-8(12)10-5-6(11)4-7(10)9(13)14/h2,6-7,11H,1,3-5H2,(H,13,14)/t6-,7-/m0/s1. The first-order chi connectivity index (χ1) is 6.56. The SMILES string of the molecule is C=CCC(=O)N1C[C@@H](O)C[C@H]1C(=O)O. The second kappa shape index (κ2) is 4.23. The fraction of sp³-hybridized carbons (Fsp3) is 0.556. The van der Waals surface area contributed by atoms with Gasteiger partial charge in [-0.2, -0.15) is 0 Å². The average molecular weight is 199 g/mol. The van der Waals surface area contributed by atoms with Gasteiger partial charge in [0, 0.05) is 19.4 Å². The zero-order chi connectivity index (χ0) is 10.7. The molecule has 5 heteroatoms. The van der Waals surface area contributed by atoms with Gasteiger partial charge in [0.25, 0.3) is 0 Å². The third-order valence-electron chi connectivity index (χ3n) is 2.20. The Morgan fingerprint density at radius 1 is 1.57 bits per heavy atom. The van der Waals surface area contributed by atoms with Crippen LogP contribution in [0.5, 0.6) is 0 Å². The first-order valence-corrected chi connectivity index (χ1v) is 4.37. The molecule has 2 atom stereocenters. The largest absolute Gasteiger partial charge is 0.480 e. The summed E-state index contributed by atoms with van der Waals surface area (Å²) in [6.45, 7) is 3.50. The number of carboxylic acid groups (broad SMARTS) is 1. The van der Waals surface area contributed by atoms with Gasteiger partial charge < -0.3 is 15.1 Å². The van der Waals surface area contributed by atoms with E-state index < -0.39 is 18.1 Å². The lowest BCUT2D eigenvalue weighted by atomic mass is 10.2. The minimum atomic E-state index is -1.07. The molecular weight excluding hydrogens is 186 g/mol. The van der Waals surface area contributed by atoms with Gasteiger partial charge in [0.1, 0.15) is 6.04 Å². The molecule has 0 aromatic rings. The molecule has 0 unspecified atom stereocenters. The summed E-state index contributed by atoms with van der Waals surface area (Å²) >= 11 is 0. The summed E-state index contributed by atoms with van der Waals surface area (Å²) in [6, 6.07) is -0.891. The number of aliphatic carboxylic acids is 1. The van der Waals surface area contributed by atoms with E-state index >= 15 is 0 Å². The number of carbonyl (C=O) groups excluding carboxylic acids is 1. The van der Waals surface area contributed by atoms with Crippen LogP contribution in [0.4, 0.5) is 0 Å². The van der Waals surface area contributed by atoms with Gasteiger partial charge in [0.15, 0.2) is 0 Å².